The molecule has 0 amide bonds. The van der Waals surface area contributed by atoms with E-state index >= 15 is 0 Å². The van der Waals surface area contributed by atoms with Gasteiger partial charge in [-0.2, -0.15) is 0 Å². The molecule has 0 bridgehead atoms. The summed E-state index contributed by atoms with van der Waals surface area (Å²) < 4.78 is 0. The van der Waals surface area contributed by atoms with Crippen LogP contribution >= 0.6 is 0 Å². The van der Waals surface area contributed by atoms with Crippen LogP contribution in [0.1, 0.15) is 32.3 Å². The molecular weight excluding hydrogens is 254 g/mol. The van der Waals surface area contributed by atoms with Crippen LogP contribution < -0.4 is 5.32 Å². The number of hydrogen-bond acceptors (Lipinski definition) is 1. The van der Waals surface area contributed by atoms with E-state index in [2.05, 4.69) is 67.9 Å². The van der Waals surface area contributed by atoms with Gasteiger partial charge in [-0.25, -0.2) is 0 Å². The predicted molar refractivity (Wildman–Crippen MR) is 94.2 cm³/mol. The van der Waals surface area contributed by atoms with Crippen LogP contribution in [0, 0.1) is 0 Å². The van der Waals surface area contributed by atoms with Crippen molar-refractivity contribution in [2.24, 2.45) is 0 Å². The number of hydrogen-bond donors (Lipinski definition) is 1. The Bertz CT molecular complexity index is 494. The monoisotopic (exact) mass is 281 g/mol. The lowest BCUT2D eigenvalue weighted by Crippen LogP contribution is -2.28. The van der Waals surface area contributed by atoms with E-state index in [4.69, 9.17) is 0 Å². The average molecular weight is 281 g/mol. The van der Waals surface area contributed by atoms with Crippen LogP contribution in [0.2, 0.25) is 0 Å². The van der Waals surface area contributed by atoms with Crippen molar-refractivity contribution >= 4 is 0 Å². The largest absolute Gasteiger partial charge is 0.382 e. The molecule has 0 aliphatic heterocycles. The van der Waals surface area contributed by atoms with E-state index in [0.29, 0.717) is 0 Å². The molecule has 0 saturated heterocycles. The molecule has 1 rings (SSSR count). The fourth-order valence-electron chi connectivity index (χ4n) is 2.23. The van der Waals surface area contributed by atoms with E-state index in [9.17, 15) is 0 Å². The van der Waals surface area contributed by atoms with Gasteiger partial charge in [-0.05, 0) is 38.7 Å². The summed E-state index contributed by atoms with van der Waals surface area (Å²) in [6, 6.07) is 10.7. The van der Waals surface area contributed by atoms with Gasteiger partial charge >= 0.3 is 0 Å². The number of nitrogens with one attached hydrogen (secondary N) is 1. The first-order valence-corrected chi connectivity index (χ1v) is 7.58. The zero-order chi connectivity index (χ0) is 15.5. The standard InChI is InChI=1S/C20H27N/c1-5-11-18(6-2)15-14-17(4)21-20(7-3)16-19-12-9-8-10-13-19/h5-13,20-21H,3-4,14-16H2,1-2H3/b11-5-,18-6+/t20-/m1/s1. The summed E-state index contributed by atoms with van der Waals surface area (Å²) in [6.07, 6.45) is 11.2. The van der Waals surface area contributed by atoms with E-state index < -0.39 is 0 Å². The molecule has 0 spiro atoms. The van der Waals surface area contributed by atoms with Crippen LogP contribution in [0.25, 0.3) is 0 Å². The van der Waals surface area contributed by atoms with Crippen molar-refractivity contribution in [3.63, 3.8) is 0 Å². The third kappa shape index (κ3) is 6.80. The van der Waals surface area contributed by atoms with Gasteiger partial charge in [0, 0.05) is 11.7 Å². The van der Waals surface area contributed by atoms with Gasteiger partial charge in [0.05, 0.1) is 0 Å². The van der Waals surface area contributed by atoms with Gasteiger partial charge in [0.25, 0.3) is 0 Å². The maximum absolute atomic E-state index is 4.14. The van der Waals surface area contributed by atoms with Crippen LogP contribution in [0.5, 0.6) is 0 Å². The molecule has 0 saturated carbocycles. The lowest BCUT2D eigenvalue weighted by atomic mass is 10.0. The highest BCUT2D eigenvalue weighted by molar-refractivity contribution is 5.20. The van der Waals surface area contributed by atoms with Crippen LogP contribution in [-0.2, 0) is 6.42 Å². The topological polar surface area (TPSA) is 12.0 Å². The summed E-state index contributed by atoms with van der Waals surface area (Å²) in [5.41, 5.74) is 3.73. The van der Waals surface area contributed by atoms with Crippen molar-refractivity contribution in [2.75, 3.05) is 0 Å². The first kappa shape index (κ1) is 17.0. The molecule has 112 valence electrons. The summed E-state index contributed by atoms with van der Waals surface area (Å²) >= 11 is 0. The number of benzene rings is 1. The molecule has 0 fully saturated rings. The van der Waals surface area contributed by atoms with Gasteiger partial charge in [0.15, 0.2) is 0 Å². The molecular formula is C20H27N. The molecule has 0 aliphatic carbocycles. The second-order valence-corrected chi connectivity index (χ2v) is 5.14. The highest BCUT2D eigenvalue weighted by atomic mass is 14.9. The Hall–Kier alpha value is -2.02. The van der Waals surface area contributed by atoms with Crippen molar-refractivity contribution in [1.29, 1.82) is 0 Å². The summed E-state index contributed by atoms with van der Waals surface area (Å²) in [7, 11) is 0. The molecule has 1 nitrogen and oxygen atoms in total. The molecule has 0 aromatic heterocycles. The van der Waals surface area contributed by atoms with E-state index in [-0.39, 0.29) is 6.04 Å². The molecule has 0 radical (unpaired) electrons. The second-order valence-electron chi connectivity index (χ2n) is 5.14. The molecule has 1 aromatic rings. The summed E-state index contributed by atoms with van der Waals surface area (Å²) in [5, 5.41) is 3.47. The average Bonchev–Trinajstić information content (AvgIpc) is 2.51. The number of allylic oxidation sites excluding steroid dienone is 5. The van der Waals surface area contributed by atoms with E-state index in [1.165, 1.54) is 11.1 Å². The Labute approximate surface area is 129 Å². The normalized spacial score (nSPS) is 13.1. The molecule has 0 heterocycles. The highest BCUT2D eigenvalue weighted by Crippen LogP contribution is 2.12. The molecule has 1 N–H and O–H groups in total. The smallest absolute Gasteiger partial charge is 0.0479 e. The van der Waals surface area contributed by atoms with Crippen LogP contribution in [0.4, 0.5) is 0 Å². The van der Waals surface area contributed by atoms with Gasteiger partial charge in [-0.3, -0.25) is 0 Å². The van der Waals surface area contributed by atoms with Gasteiger partial charge in [-0.1, -0.05) is 66.8 Å². The zero-order valence-corrected chi connectivity index (χ0v) is 13.3. The van der Waals surface area contributed by atoms with Crippen molar-refractivity contribution in [3.05, 3.63) is 84.6 Å². The second kappa shape index (κ2) is 9.82. The van der Waals surface area contributed by atoms with Crippen molar-refractivity contribution in [2.45, 2.75) is 39.2 Å². The minimum atomic E-state index is 0.232. The number of rotatable bonds is 9. The van der Waals surface area contributed by atoms with Gasteiger partial charge in [0.2, 0.25) is 0 Å². The van der Waals surface area contributed by atoms with Crippen LogP contribution in [-0.4, -0.2) is 6.04 Å². The summed E-state index contributed by atoms with van der Waals surface area (Å²) in [6.45, 7) is 12.2. The van der Waals surface area contributed by atoms with Gasteiger partial charge in [-0.15, -0.1) is 6.58 Å². The SMILES string of the molecule is C=C[C@H](Cc1ccccc1)NC(=C)CCC(/C=C\C)=C/C. The molecule has 1 heteroatoms. The van der Waals surface area contributed by atoms with E-state index in [1.54, 1.807) is 0 Å². The Kier molecular flexibility index (Phi) is 7.96. The minimum absolute atomic E-state index is 0.232. The lowest BCUT2D eigenvalue weighted by Gasteiger charge is -2.18. The predicted octanol–water partition coefficient (Wildman–Crippen LogP) is 5.19. The van der Waals surface area contributed by atoms with Crippen LogP contribution in [0.3, 0.4) is 0 Å². The summed E-state index contributed by atoms with van der Waals surface area (Å²) in [4.78, 5) is 0. The van der Waals surface area contributed by atoms with Gasteiger partial charge in [0.1, 0.15) is 0 Å². The minimum Gasteiger partial charge on any atom is -0.382 e. The third-order valence-electron chi connectivity index (χ3n) is 3.44. The molecule has 21 heavy (non-hydrogen) atoms. The summed E-state index contributed by atoms with van der Waals surface area (Å²) in [5.74, 6) is 0. The third-order valence-corrected chi connectivity index (χ3v) is 3.44. The molecule has 1 atom stereocenters. The van der Waals surface area contributed by atoms with E-state index in [0.717, 1.165) is 25.0 Å². The van der Waals surface area contributed by atoms with E-state index in [1.807, 2.05) is 19.1 Å². The lowest BCUT2D eigenvalue weighted by molar-refractivity contribution is 0.642. The quantitative estimate of drug-likeness (QED) is 0.485. The van der Waals surface area contributed by atoms with Crippen LogP contribution in [0.15, 0.2) is 79.1 Å². The molecule has 0 aliphatic rings. The van der Waals surface area contributed by atoms with Gasteiger partial charge < -0.3 is 5.32 Å². The Morgan fingerprint density at radius 3 is 2.48 bits per heavy atom. The first-order valence-electron chi connectivity index (χ1n) is 7.58. The van der Waals surface area contributed by atoms with Crippen molar-refractivity contribution in [1.82, 2.24) is 5.32 Å². The molecule has 0 unspecified atom stereocenters. The maximum atomic E-state index is 4.14. The fourth-order valence-corrected chi connectivity index (χ4v) is 2.23. The zero-order valence-electron chi connectivity index (χ0n) is 13.3. The molecule has 1 aromatic carbocycles. The van der Waals surface area contributed by atoms with Crippen molar-refractivity contribution in [3.8, 4) is 0 Å². The Morgan fingerprint density at radius 1 is 1.19 bits per heavy atom. The highest BCUT2D eigenvalue weighted by Gasteiger charge is 2.06. The fraction of sp³-hybridized carbons (Fsp3) is 0.300. The Balaban J connectivity index is 2.46. The Morgan fingerprint density at radius 2 is 1.90 bits per heavy atom. The van der Waals surface area contributed by atoms with Crippen molar-refractivity contribution < 1.29 is 0 Å². The maximum Gasteiger partial charge on any atom is 0.0479 e. The first-order chi connectivity index (χ1) is 10.2.